The van der Waals surface area contributed by atoms with Crippen LogP contribution in [0.4, 0.5) is 5.69 Å². The zero-order valence-corrected chi connectivity index (χ0v) is 16.5. The van der Waals surface area contributed by atoms with Crippen molar-refractivity contribution >= 4 is 11.7 Å². The average molecular weight is 413 g/mol. The third kappa shape index (κ3) is 4.54. The number of methoxy groups -OCH3 is 1. The second kappa shape index (κ2) is 9.03. The summed E-state index contributed by atoms with van der Waals surface area (Å²) in [7, 11) is 1.56. The van der Waals surface area contributed by atoms with Gasteiger partial charge in [-0.25, -0.2) is 4.79 Å². The maximum Gasteiger partial charge on any atom is 0.339 e. The first-order valence-corrected chi connectivity index (χ1v) is 9.03. The van der Waals surface area contributed by atoms with Gasteiger partial charge >= 0.3 is 11.7 Å². The van der Waals surface area contributed by atoms with E-state index in [1.54, 1.807) is 45.2 Å². The number of benzene rings is 2. The lowest BCUT2D eigenvalue weighted by Crippen LogP contribution is -2.10. The number of nitro benzene ring substituents is 1. The summed E-state index contributed by atoms with van der Waals surface area (Å²) in [6.07, 6.45) is -0.859. The molecule has 0 spiro atoms. The molecule has 0 unspecified atom stereocenters. The van der Waals surface area contributed by atoms with Gasteiger partial charge in [0.15, 0.2) is 11.9 Å². The van der Waals surface area contributed by atoms with Crippen molar-refractivity contribution in [2.75, 3.05) is 13.7 Å². The largest absolute Gasteiger partial charge is 0.497 e. The number of rotatable bonds is 8. The molecule has 0 saturated heterocycles. The number of carbonyl (C=O) groups excluding carboxylic acids is 1. The molecular weight excluding hydrogens is 394 g/mol. The zero-order valence-electron chi connectivity index (χ0n) is 16.5. The molecule has 10 heteroatoms. The van der Waals surface area contributed by atoms with E-state index in [0.717, 1.165) is 6.07 Å². The summed E-state index contributed by atoms with van der Waals surface area (Å²) in [5, 5.41) is 19.1. The molecule has 0 radical (unpaired) electrons. The summed E-state index contributed by atoms with van der Waals surface area (Å²) in [6, 6.07) is 10.9. The number of hydrogen-bond donors (Lipinski definition) is 0. The van der Waals surface area contributed by atoms with Crippen LogP contribution in [-0.2, 0) is 4.74 Å². The molecule has 30 heavy (non-hydrogen) atoms. The van der Waals surface area contributed by atoms with Crippen molar-refractivity contribution in [1.82, 2.24) is 10.2 Å². The van der Waals surface area contributed by atoms with E-state index in [9.17, 15) is 14.9 Å². The summed E-state index contributed by atoms with van der Waals surface area (Å²) in [5.74, 6) is 0.345. The van der Waals surface area contributed by atoms with Gasteiger partial charge in [0.2, 0.25) is 5.89 Å². The molecule has 10 nitrogen and oxygen atoms in total. The monoisotopic (exact) mass is 413 g/mol. The molecule has 0 aliphatic rings. The molecule has 3 rings (SSSR count). The van der Waals surface area contributed by atoms with Gasteiger partial charge in [-0.1, -0.05) is 0 Å². The van der Waals surface area contributed by atoms with E-state index in [-0.39, 0.29) is 35.4 Å². The molecule has 2 aromatic carbocycles. The Labute approximate surface area is 171 Å². The van der Waals surface area contributed by atoms with Crippen LogP contribution in [0.2, 0.25) is 0 Å². The number of hydrogen-bond acceptors (Lipinski definition) is 9. The van der Waals surface area contributed by atoms with E-state index in [1.165, 1.54) is 12.1 Å². The summed E-state index contributed by atoms with van der Waals surface area (Å²) in [5.41, 5.74) is 0.362. The highest BCUT2D eigenvalue weighted by Crippen LogP contribution is 2.29. The summed E-state index contributed by atoms with van der Waals surface area (Å²) < 4.78 is 21.2. The minimum Gasteiger partial charge on any atom is -0.497 e. The average Bonchev–Trinajstić information content (AvgIpc) is 3.24. The number of carbonyl (C=O) groups is 1. The van der Waals surface area contributed by atoms with Gasteiger partial charge in [0.25, 0.3) is 5.89 Å². The first-order chi connectivity index (χ1) is 14.4. The Morgan fingerprint density at radius 2 is 1.93 bits per heavy atom. The van der Waals surface area contributed by atoms with E-state index >= 15 is 0 Å². The van der Waals surface area contributed by atoms with Crippen molar-refractivity contribution in [3.8, 4) is 23.0 Å². The van der Waals surface area contributed by atoms with Gasteiger partial charge in [-0.15, -0.1) is 10.2 Å². The highest BCUT2D eigenvalue weighted by molar-refractivity contribution is 5.90. The van der Waals surface area contributed by atoms with Gasteiger partial charge < -0.3 is 18.6 Å². The molecule has 3 aromatic rings. The Hall–Kier alpha value is -3.95. The molecule has 0 fully saturated rings. The normalized spacial score (nSPS) is 11.6. The minimum absolute atomic E-state index is 0.00639. The summed E-state index contributed by atoms with van der Waals surface area (Å²) in [6.45, 7) is 3.53. The second-order valence-electron chi connectivity index (χ2n) is 6.09. The lowest BCUT2D eigenvalue weighted by molar-refractivity contribution is -0.385. The fraction of sp³-hybridized carbons (Fsp3) is 0.250. The van der Waals surface area contributed by atoms with E-state index < -0.39 is 17.0 Å². The van der Waals surface area contributed by atoms with Crippen molar-refractivity contribution < 1.29 is 28.3 Å². The topological polar surface area (TPSA) is 127 Å². The molecule has 1 atom stereocenters. The third-order valence-electron chi connectivity index (χ3n) is 4.10. The number of aromatic nitrogens is 2. The smallest absolute Gasteiger partial charge is 0.339 e. The Morgan fingerprint density at radius 3 is 2.57 bits per heavy atom. The Kier molecular flexibility index (Phi) is 6.26. The maximum atomic E-state index is 12.4. The quantitative estimate of drug-likeness (QED) is 0.306. The van der Waals surface area contributed by atoms with Crippen molar-refractivity contribution in [2.24, 2.45) is 0 Å². The molecular formula is C20H19N3O7. The molecule has 1 aromatic heterocycles. The van der Waals surface area contributed by atoms with Gasteiger partial charge in [-0.3, -0.25) is 10.1 Å². The van der Waals surface area contributed by atoms with Crippen LogP contribution in [0.15, 0.2) is 46.9 Å². The van der Waals surface area contributed by atoms with Crippen molar-refractivity contribution in [3.63, 3.8) is 0 Å². The van der Waals surface area contributed by atoms with Gasteiger partial charge in [0, 0.05) is 11.6 Å². The minimum atomic E-state index is -0.859. The van der Waals surface area contributed by atoms with Crippen LogP contribution in [0.1, 0.15) is 36.2 Å². The number of nitrogens with zero attached hydrogens (tertiary/aromatic N) is 3. The Bertz CT molecular complexity index is 1050. The van der Waals surface area contributed by atoms with Crippen LogP contribution in [0, 0.1) is 10.1 Å². The molecule has 156 valence electrons. The highest BCUT2D eigenvalue weighted by Gasteiger charge is 2.23. The van der Waals surface area contributed by atoms with Gasteiger partial charge in [0.05, 0.1) is 24.2 Å². The lowest BCUT2D eigenvalue weighted by atomic mass is 10.2. The molecule has 1 heterocycles. The summed E-state index contributed by atoms with van der Waals surface area (Å²) in [4.78, 5) is 23.0. The molecule has 0 N–H and O–H groups in total. The first kappa shape index (κ1) is 20.8. The van der Waals surface area contributed by atoms with Crippen LogP contribution in [0.5, 0.6) is 11.5 Å². The van der Waals surface area contributed by atoms with Crippen LogP contribution in [0.25, 0.3) is 11.5 Å². The second-order valence-corrected chi connectivity index (χ2v) is 6.09. The van der Waals surface area contributed by atoms with Crippen molar-refractivity contribution in [2.45, 2.75) is 20.0 Å². The number of esters is 1. The van der Waals surface area contributed by atoms with Crippen molar-refractivity contribution in [1.29, 1.82) is 0 Å². The maximum absolute atomic E-state index is 12.4. The fourth-order valence-electron chi connectivity index (χ4n) is 2.59. The molecule has 0 aliphatic carbocycles. The third-order valence-corrected chi connectivity index (χ3v) is 4.10. The SMILES string of the molecule is CCOc1ccc(C(=O)O[C@@H](C)c2nnc(-c3ccc(OC)cc3)o2)cc1[N+](=O)[O-]. The molecule has 0 amide bonds. The predicted molar refractivity (Wildman–Crippen MR) is 104 cm³/mol. The van der Waals surface area contributed by atoms with Crippen LogP contribution in [-0.4, -0.2) is 34.8 Å². The first-order valence-electron chi connectivity index (χ1n) is 9.03. The van der Waals surface area contributed by atoms with Crippen LogP contribution in [0.3, 0.4) is 0 Å². The van der Waals surface area contributed by atoms with E-state index in [4.69, 9.17) is 18.6 Å². The van der Waals surface area contributed by atoms with E-state index in [0.29, 0.717) is 11.3 Å². The molecule has 0 aliphatic heterocycles. The highest BCUT2D eigenvalue weighted by atomic mass is 16.6. The van der Waals surface area contributed by atoms with Gasteiger partial charge in [0.1, 0.15) is 5.75 Å². The van der Waals surface area contributed by atoms with Crippen LogP contribution >= 0.6 is 0 Å². The number of nitro groups is 1. The molecule has 0 bridgehead atoms. The predicted octanol–water partition coefficient (Wildman–Crippen LogP) is 3.97. The van der Waals surface area contributed by atoms with Crippen LogP contribution < -0.4 is 9.47 Å². The zero-order chi connectivity index (χ0) is 21.7. The Morgan fingerprint density at radius 1 is 1.20 bits per heavy atom. The Balaban J connectivity index is 1.73. The van der Waals surface area contributed by atoms with E-state index in [2.05, 4.69) is 10.2 Å². The number of ether oxygens (including phenoxy) is 3. The van der Waals surface area contributed by atoms with Gasteiger partial charge in [-0.2, -0.15) is 0 Å². The molecule has 0 saturated carbocycles. The van der Waals surface area contributed by atoms with Gasteiger partial charge in [-0.05, 0) is 50.2 Å². The summed E-state index contributed by atoms with van der Waals surface area (Å²) >= 11 is 0. The van der Waals surface area contributed by atoms with E-state index in [1.807, 2.05) is 0 Å². The fourth-order valence-corrected chi connectivity index (χ4v) is 2.59. The standard InChI is InChI=1S/C20H19N3O7/c1-4-28-17-10-7-14(11-16(17)23(25)26)20(24)29-12(2)18-21-22-19(30-18)13-5-8-15(27-3)9-6-13/h5-12H,4H2,1-3H3/t12-/m0/s1. The lowest BCUT2D eigenvalue weighted by Gasteiger charge is -2.10. The van der Waals surface area contributed by atoms with Crippen molar-refractivity contribution in [3.05, 3.63) is 64.0 Å².